The highest BCUT2D eigenvalue weighted by atomic mass is 16.5. The molecular weight excluding hydrogens is 250 g/mol. The third kappa shape index (κ3) is 3.89. The highest BCUT2D eigenvalue weighted by Crippen LogP contribution is 2.35. The van der Waals surface area contributed by atoms with E-state index in [9.17, 15) is 5.11 Å². The van der Waals surface area contributed by atoms with Gasteiger partial charge in [-0.3, -0.25) is 0 Å². The number of nitrogens with zero attached hydrogens (tertiary/aromatic N) is 1. The fourth-order valence-electron chi connectivity index (χ4n) is 2.51. The molecule has 1 N–H and O–H groups in total. The van der Waals surface area contributed by atoms with Crippen LogP contribution in [0.3, 0.4) is 0 Å². The van der Waals surface area contributed by atoms with E-state index in [4.69, 9.17) is 4.74 Å². The van der Waals surface area contributed by atoms with Crippen LogP contribution in [-0.2, 0) is 0 Å². The molecule has 0 amide bonds. The molecule has 1 unspecified atom stereocenters. The molecule has 1 aromatic rings. The highest BCUT2D eigenvalue weighted by Gasteiger charge is 2.21. The van der Waals surface area contributed by atoms with Gasteiger partial charge in [0.05, 0.1) is 13.2 Å². The summed E-state index contributed by atoms with van der Waals surface area (Å²) in [6.07, 6.45) is 2.87. The van der Waals surface area contributed by atoms with Crippen LogP contribution in [0.5, 0.6) is 5.75 Å². The number of rotatable bonds is 8. The molecule has 0 saturated heterocycles. The number of ether oxygens (including phenoxy) is 1. The normalized spacial score (nSPS) is 13.9. The first-order chi connectivity index (χ1) is 9.56. The number of anilines is 1. The Balaban J connectivity index is 3.24. The van der Waals surface area contributed by atoms with Crippen molar-refractivity contribution in [1.29, 1.82) is 0 Å². The van der Waals surface area contributed by atoms with E-state index in [1.54, 1.807) is 14.0 Å². The summed E-state index contributed by atoms with van der Waals surface area (Å²) in [4.78, 5) is 2.40. The Morgan fingerprint density at radius 2 is 1.95 bits per heavy atom. The van der Waals surface area contributed by atoms with Crippen LogP contribution in [0.15, 0.2) is 18.2 Å². The van der Waals surface area contributed by atoms with Crippen molar-refractivity contribution in [2.45, 2.75) is 59.1 Å². The molecule has 0 aliphatic carbocycles. The smallest absolute Gasteiger partial charge is 0.126 e. The molecule has 0 aromatic heterocycles. The van der Waals surface area contributed by atoms with Gasteiger partial charge in [-0.2, -0.15) is 0 Å². The summed E-state index contributed by atoms with van der Waals surface area (Å²) in [6.45, 7) is 9.46. The van der Waals surface area contributed by atoms with E-state index < -0.39 is 6.10 Å². The molecule has 20 heavy (non-hydrogen) atoms. The van der Waals surface area contributed by atoms with E-state index >= 15 is 0 Å². The molecule has 2 atom stereocenters. The van der Waals surface area contributed by atoms with Crippen molar-refractivity contribution >= 4 is 5.69 Å². The average Bonchev–Trinajstić information content (AvgIpc) is 2.46. The minimum Gasteiger partial charge on any atom is -0.496 e. The van der Waals surface area contributed by atoms with Crippen molar-refractivity contribution in [2.75, 3.05) is 18.6 Å². The molecule has 0 aliphatic heterocycles. The van der Waals surface area contributed by atoms with Crippen molar-refractivity contribution in [3.05, 3.63) is 23.8 Å². The second-order valence-corrected chi connectivity index (χ2v) is 5.37. The monoisotopic (exact) mass is 279 g/mol. The number of hydrogen-bond donors (Lipinski definition) is 1. The number of methoxy groups -OCH3 is 1. The Kier molecular flexibility index (Phi) is 6.86. The second kappa shape index (κ2) is 8.15. The summed E-state index contributed by atoms with van der Waals surface area (Å²) in [6, 6.07) is 6.46. The van der Waals surface area contributed by atoms with Gasteiger partial charge in [-0.05, 0) is 38.8 Å². The van der Waals surface area contributed by atoms with Gasteiger partial charge in [0.15, 0.2) is 0 Å². The molecule has 0 heterocycles. The molecule has 0 radical (unpaired) electrons. The Bertz CT molecular complexity index is 404. The highest BCUT2D eigenvalue weighted by molar-refractivity contribution is 5.61. The quantitative estimate of drug-likeness (QED) is 0.776. The predicted octanol–water partition coefficient (Wildman–Crippen LogP) is 4.15. The number of hydrogen-bond acceptors (Lipinski definition) is 3. The van der Waals surface area contributed by atoms with Gasteiger partial charge < -0.3 is 14.7 Å². The first-order valence-corrected chi connectivity index (χ1v) is 7.68. The SMILES string of the molecule is CCCCN(c1cccc(OC)c1[C@@H](C)O)C(C)CC. The lowest BCUT2D eigenvalue weighted by atomic mass is 10.0. The van der Waals surface area contributed by atoms with Crippen LogP contribution >= 0.6 is 0 Å². The molecule has 1 aromatic carbocycles. The Labute approximate surface area is 123 Å². The first-order valence-electron chi connectivity index (χ1n) is 7.68. The average molecular weight is 279 g/mol. The topological polar surface area (TPSA) is 32.7 Å². The Morgan fingerprint density at radius 1 is 1.25 bits per heavy atom. The van der Waals surface area contributed by atoms with Gasteiger partial charge in [-0.15, -0.1) is 0 Å². The molecule has 0 spiro atoms. The fraction of sp³-hybridized carbons (Fsp3) is 0.647. The van der Waals surface area contributed by atoms with Crippen molar-refractivity contribution in [3.63, 3.8) is 0 Å². The van der Waals surface area contributed by atoms with Crippen LogP contribution in [0.4, 0.5) is 5.69 Å². The Morgan fingerprint density at radius 3 is 2.45 bits per heavy atom. The molecule has 3 nitrogen and oxygen atoms in total. The fourth-order valence-corrected chi connectivity index (χ4v) is 2.51. The van der Waals surface area contributed by atoms with Crippen molar-refractivity contribution in [1.82, 2.24) is 0 Å². The van der Waals surface area contributed by atoms with Gasteiger partial charge in [0.1, 0.15) is 5.75 Å². The van der Waals surface area contributed by atoms with Gasteiger partial charge in [0, 0.05) is 23.8 Å². The van der Waals surface area contributed by atoms with Crippen LogP contribution in [0, 0.1) is 0 Å². The molecule has 0 fully saturated rings. The molecule has 3 heteroatoms. The zero-order chi connectivity index (χ0) is 15.1. The maximum absolute atomic E-state index is 10.1. The number of unbranched alkanes of at least 4 members (excludes halogenated alkanes) is 1. The first kappa shape index (κ1) is 16.8. The van der Waals surface area contributed by atoms with Crippen LogP contribution in [-0.4, -0.2) is 24.8 Å². The van der Waals surface area contributed by atoms with Crippen LogP contribution < -0.4 is 9.64 Å². The molecule has 114 valence electrons. The number of benzene rings is 1. The summed E-state index contributed by atoms with van der Waals surface area (Å²) in [5.74, 6) is 0.766. The maximum Gasteiger partial charge on any atom is 0.126 e. The standard InChI is InChI=1S/C17H29NO2/c1-6-8-12-18(13(3)7-2)15-10-9-11-16(20-5)17(15)14(4)19/h9-11,13-14,19H,6-8,12H2,1-5H3/t13?,14-/m1/s1. The summed E-state index contributed by atoms with van der Waals surface area (Å²) >= 11 is 0. The summed E-state index contributed by atoms with van der Waals surface area (Å²) < 4.78 is 5.43. The van der Waals surface area contributed by atoms with Crippen molar-refractivity contribution in [3.8, 4) is 5.75 Å². The lowest BCUT2D eigenvalue weighted by Crippen LogP contribution is -2.34. The van der Waals surface area contributed by atoms with Crippen molar-refractivity contribution < 1.29 is 9.84 Å². The van der Waals surface area contributed by atoms with Gasteiger partial charge in [-0.1, -0.05) is 26.3 Å². The predicted molar refractivity (Wildman–Crippen MR) is 85.6 cm³/mol. The van der Waals surface area contributed by atoms with Crippen LogP contribution in [0.25, 0.3) is 0 Å². The van der Waals surface area contributed by atoms with E-state index in [1.165, 1.54) is 6.42 Å². The number of aliphatic hydroxyl groups excluding tert-OH is 1. The lowest BCUT2D eigenvalue weighted by molar-refractivity contribution is 0.194. The summed E-state index contributed by atoms with van der Waals surface area (Å²) in [7, 11) is 1.66. The molecule has 0 aliphatic rings. The van der Waals surface area contributed by atoms with E-state index in [0.29, 0.717) is 6.04 Å². The maximum atomic E-state index is 10.1. The van der Waals surface area contributed by atoms with E-state index in [2.05, 4.69) is 31.7 Å². The summed E-state index contributed by atoms with van der Waals surface area (Å²) in [5, 5.41) is 10.1. The molecular formula is C17H29NO2. The minimum atomic E-state index is -0.533. The van der Waals surface area contributed by atoms with Gasteiger partial charge in [0.2, 0.25) is 0 Å². The van der Waals surface area contributed by atoms with Crippen molar-refractivity contribution in [2.24, 2.45) is 0 Å². The number of aliphatic hydroxyl groups is 1. The zero-order valence-corrected chi connectivity index (χ0v) is 13.5. The largest absolute Gasteiger partial charge is 0.496 e. The van der Waals surface area contributed by atoms with Crippen LogP contribution in [0.1, 0.15) is 58.6 Å². The van der Waals surface area contributed by atoms with E-state index in [0.717, 1.165) is 36.4 Å². The summed E-state index contributed by atoms with van der Waals surface area (Å²) in [5.41, 5.74) is 1.99. The lowest BCUT2D eigenvalue weighted by Gasteiger charge is -2.33. The minimum absolute atomic E-state index is 0.450. The van der Waals surface area contributed by atoms with Crippen LogP contribution in [0.2, 0.25) is 0 Å². The zero-order valence-electron chi connectivity index (χ0n) is 13.5. The molecule has 0 saturated carbocycles. The molecule has 0 bridgehead atoms. The Hall–Kier alpha value is -1.22. The third-order valence-corrected chi connectivity index (χ3v) is 3.87. The van der Waals surface area contributed by atoms with Gasteiger partial charge >= 0.3 is 0 Å². The molecule has 1 rings (SSSR count). The van der Waals surface area contributed by atoms with E-state index in [1.807, 2.05) is 12.1 Å². The van der Waals surface area contributed by atoms with Gasteiger partial charge in [-0.25, -0.2) is 0 Å². The van der Waals surface area contributed by atoms with E-state index in [-0.39, 0.29) is 0 Å². The second-order valence-electron chi connectivity index (χ2n) is 5.37. The van der Waals surface area contributed by atoms with Gasteiger partial charge in [0.25, 0.3) is 0 Å². The third-order valence-electron chi connectivity index (χ3n) is 3.87.